The molecule has 0 saturated carbocycles. The van der Waals surface area contributed by atoms with Crippen molar-refractivity contribution in [1.82, 2.24) is 9.88 Å². The molecule has 1 aliphatic rings. The van der Waals surface area contributed by atoms with Crippen molar-refractivity contribution >= 4 is 47.2 Å². The highest BCUT2D eigenvalue weighted by atomic mass is 35.5. The first kappa shape index (κ1) is 21.8. The SMILES string of the molecule is Cl.O=C(CCC1CCNC1)Nc1ccc(=O)n(Cc2ccc(Cl)c(Cl)c2)c1. The van der Waals surface area contributed by atoms with Crippen LogP contribution in [-0.2, 0) is 11.3 Å². The summed E-state index contributed by atoms with van der Waals surface area (Å²) in [6.45, 7) is 2.38. The van der Waals surface area contributed by atoms with Crippen LogP contribution in [0.5, 0.6) is 0 Å². The van der Waals surface area contributed by atoms with Gasteiger partial charge in [-0.1, -0.05) is 29.3 Å². The van der Waals surface area contributed by atoms with Gasteiger partial charge in [0.05, 0.1) is 22.3 Å². The molecule has 0 bridgehead atoms. The molecule has 0 aliphatic carbocycles. The fraction of sp³-hybridized carbons (Fsp3) is 0.368. The molecule has 1 atom stereocenters. The summed E-state index contributed by atoms with van der Waals surface area (Å²) in [6.07, 6.45) is 4.14. The Morgan fingerprint density at radius 2 is 2.04 bits per heavy atom. The number of halogens is 3. The zero-order valence-corrected chi connectivity index (χ0v) is 17.0. The van der Waals surface area contributed by atoms with Gasteiger partial charge < -0.3 is 15.2 Å². The number of anilines is 1. The van der Waals surface area contributed by atoms with Crippen LogP contribution in [0.15, 0.2) is 41.3 Å². The average Bonchev–Trinajstić information content (AvgIpc) is 3.13. The molecule has 5 nitrogen and oxygen atoms in total. The zero-order chi connectivity index (χ0) is 18.5. The van der Waals surface area contributed by atoms with E-state index < -0.39 is 0 Å². The van der Waals surface area contributed by atoms with Crippen LogP contribution in [0, 0.1) is 5.92 Å². The van der Waals surface area contributed by atoms with Crippen LogP contribution in [0.3, 0.4) is 0 Å². The molecule has 1 fully saturated rings. The summed E-state index contributed by atoms with van der Waals surface area (Å²) in [5, 5.41) is 7.10. The molecule has 8 heteroatoms. The third-order valence-corrected chi connectivity index (χ3v) is 5.29. The van der Waals surface area contributed by atoms with Crippen molar-refractivity contribution in [3.8, 4) is 0 Å². The lowest BCUT2D eigenvalue weighted by atomic mass is 10.0. The summed E-state index contributed by atoms with van der Waals surface area (Å²) in [6, 6.07) is 8.34. The van der Waals surface area contributed by atoms with Gasteiger partial charge in [-0.3, -0.25) is 9.59 Å². The van der Waals surface area contributed by atoms with Crippen molar-refractivity contribution in [2.75, 3.05) is 18.4 Å². The summed E-state index contributed by atoms with van der Waals surface area (Å²) < 4.78 is 1.54. The van der Waals surface area contributed by atoms with Gasteiger partial charge in [-0.15, -0.1) is 12.4 Å². The lowest BCUT2D eigenvalue weighted by Crippen LogP contribution is -2.21. The third kappa shape index (κ3) is 6.25. The molecular weight excluding hydrogens is 409 g/mol. The van der Waals surface area contributed by atoms with Gasteiger partial charge in [0.2, 0.25) is 5.91 Å². The number of hydrogen-bond donors (Lipinski definition) is 2. The minimum absolute atomic E-state index is 0. The molecule has 0 spiro atoms. The van der Waals surface area contributed by atoms with Gasteiger partial charge in [0.25, 0.3) is 5.56 Å². The van der Waals surface area contributed by atoms with Crippen LogP contribution < -0.4 is 16.2 Å². The van der Waals surface area contributed by atoms with E-state index in [4.69, 9.17) is 23.2 Å². The molecule has 1 amide bonds. The third-order valence-electron chi connectivity index (χ3n) is 4.55. The van der Waals surface area contributed by atoms with Gasteiger partial charge in [0, 0.05) is 18.7 Å². The first-order chi connectivity index (χ1) is 12.5. The highest BCUT2D eigenvalue weighted by Crippen LogP contribution is 2.23. The number of benzene rings is 1. The number of hydrogen-bond acceptors (Lipinski definition) is 3. The van der Waals surface area contributed by atoms with Crippen molar-refractivity contribution in [2.24, 2.45) is 5.92 Å². The lowest BCUT2D eigenvalue weighted by Gasteiger charge is -2.11. The van der Waals surface area contributed by atoms with E-state index in [0.717, 1.165) is 31.5 Å². The zero-order valence-electron chi connectivity index (χ0n) is 14.7. The molecule has 3 rings (SSSR count). The highest BCUT2D eigenvalue weighted by molar-refractivity contribution is 6.42. The second kappa shape index (κ2) is 10.1. The minimum atomic E-state index is -0.147. The monoisotopic (exact) mass is 429 g/mol. The van der Waals surface area contributed by atoms with E-state index in [1.54, 1.807) is 24.4 Å². The van der Waals surface area contributed by atoms with Gasteiger partial charge >= 0.3 is 0 Å². The first-order valence-corrected chi connectivity index (χ1v) is 9.42. The van der Waals surface area contributed by atoms with Gasteiger partial charge in [-0.05, 0) is 55.6 Å². The standard InChI is InChI=1S/C19H21Cl2N3O2.ClH/c20-16-4-1-14(9-17(16)21)11-24-12-15(3-6-19(24)26)23-18(25)5-2-13-7-8-22-10-13;/h1,3-4,6,9,12-13,22H,2,5,7-8,10-11H2,(H,23,25);1H. The molecule has 2 heterocycles. The predicted octanol–water partition coefficient (Wildman–Crippen LogP) is 3.95. The summed E-state index contributed by atoms with van der Waals surface area (Å²) >= 11 is 11.9. The van der Waals surface area contributed by atoms with Gasteiger partial charge in [-0.2, -0.15) is 0 Å². The summed E-state index contributed by atoms with van der Waals surface area (Å²) in [5.74, 6) is 0.543. The number of carbonyl (C=O) groups excluding carboxylic acids is 1. The van der Waals surface area contributed by atoms with Crippen molar-refractivity contribution in [1.29, 1.82) is 0 Å². The Kier molecular flexibility index (Phi) is 8.17. The van der Waals surface area contributed by atoms with E-state index in [2.05, 4.69) is 10.6 Å². The van der Waals surface area contributed by atoms with Crippen LogP contribution in [0.1, 0.15) is 24.8 Å². The predicted molar refractivity (Wildman–Crippen MR) is 112 cm³/mol. The smallest absolute Gasteiger partial charge is 0.250 e. The molecule has 1 aliphatic heterocycles. The Morgan fingerprint density at radius 3 is 2.74 bits per heavy atom. The number of nitrogens with zero attached hydrogens (tertiary/aromatic N) is 1. The summed E-state index contributed by atoms with van der Waals surface area (Å²) in [7, 11) is 0. The highest BCUT2D eigenvalue weighted by Gasteiger charge is 2.15. The van der Waals surface area contributed by atoms with Crippen LogP contribution in [-0.4, -0.2) is 23.6 Å². The normalized spacial score (nSPS) is 16.0. The van der Waals surface area contributed by atoms with Gasteiger partial charge in [0.1, 0.15) is 0 Å². The lowest BCUT2D eigenvalue weighted by molar-refractivity contribution is -0.116. The summed E-state index contributed by atoms with van der Waals surface area (Å²) in [5.41, 5.74) is 1.32. The molecule has 1 unspecified atom stereocenters. The quantitative estimate of drug-likeness (QED) is 0.729. The fourth-order valence-electron chi connectivity index (χ4n) is 3.08. The number of rotatable bonds is 6. The molecule has 1 aromatic carbocycles. The Hall–Kier alpha value is -1.53. The molecule has 1 saturated heterocycles. The van der Waals surface area contributed by atoms with Crippen molar-refractivity contribution in [2.45, 2.75) is 25.8 Å². The maximum absolute atomic E-state index is 12.2. The minimum Gasteiger partial charge on any atom is -0.325 e. The van der Waals surface area contributed by atoms with E-state index in [1.807, 2.05) is 6.07 Å². The second-order valence-corrected chi connectivity index (χ2v) is 7.39. The largest absolute Gasteiger partial charge is 0.325 e. The van der Waals surface area contributed by atoms with Crippen LogP contribution >= 0.6 is 35.6 Å². The molecule has 1 aromatic heterocycles. The van der Waals surface area contributed by atoms with Crippen molar-refractivity contribution in [3.05, 3.63) is 62.5 Å². The molecule has 27 heavy (non-hydrogen) atoms. The molecule has 2 N–H and O–H groups in total. The number of amides is 1. The van der Waals surface area contributed by atoms with Crippen LogP contribution in [0.2, 0.25) is 10.0 Å². The molecular formula is C19H22Cl3N3O2. The van der Waals surface area contributed by atoms with Crippen molar-refractivity contribution < 1.29 is 4.79 Å². The Labute approximate surface area is 174 Å². The van der Waals surface area contributed by atoms with Crippen molar-refractivity contribution in [3.63, 3.8) is 0 Å². The molecule has 2 aromatic rings. The van der Waals surface area contributed by atoms with Crippen LogP contribution in [0.4, 0.5) is 5.69 Å². The van der Waals surface area contributed by atoms with E-state index >= 15 is 0 Å². The maximum atomic E-state index is 12.2. The van der Waals surface area contributed by atoms with E-state index in [9.17, 15) is 9.59 Å². The Bertz CT molecular complexity index is 848. The number of nitrogens with one attached hydrogen (secondary N) is 2. The van der Waals surface area contributed by atoms with E-state index in [1.165, 1.54) is 10.6 Å². The van der Waals surface area contributed by atoms with Gasteiger partial charge in [-0.25, -0.2) is 0 Å². The topological polar surface area (TPSA) is 63.1 Å². The van der Waals surface area contributed by atoms with Crippen LogP contribution in [0.25, 0.3) is 0 Å². The van der Waals surface area contributed by atoms with E-state index in [0.29, 0.717) is 34.6 Å². The Morgan fingerprint density at radius 1 is 1.22 bits per heavy atom. The Balaban J connectivity index is 0.00000261. The number of pyridine rings is 1. The number of aromatic nitrogens is 1. The maximum Gasteiger partial charge on any atom is 0.250 e. The van der Waals surface area contributed by atoms with Gasteiger partial charge in [0.15, 0.2) is 0 Å². The number of carbonyl (C=O) groups is 1. The van der Waals surface area contributed by atoms with E-state index in [-0.39, 0.29) is 23.9 Å². The first-order valence-electron chi connectivity index (χ1n) is 8.66. The summed E-state index contributed by atoms with van der Waals surface area (Å²) in [4.78, 5) is 24.3. The second-order valence-electron chi connectivity index (χ2n) is 6.58. The average molecular weight is 431 g/mol. The molecule has 146 valence electrons. The molecule has 0 radical (unpaired) electrons. The fourth-order valence-corrected chi connectivity index (χ4v) is 3.40.